The number of nitrogens with zero attached hydrogens (tertiary/aromatic N) is 1. The normalized spacial score (nSPS) is 14.8. The summed E-state index contributed by atoms with van der Waals surface area (Å²) in [6, 6.07) is 13.1. The molecule has 2 aromatic rings. The highest BCUT2D eigenvalue weighted by Gasteiger charge is 2.30. The van der Waals surface area contributed by atoms with Gasteiger partial charge in [0.15, 0.2) is 18.1 Å². The number of amides is 2. The molecular formula is C25H28N2O4S2. The van der Waals surface area contributed by atoms with Gasteiger partial charge in [-0.2, -0.15) is 0 Å². The summed E-state index contributed by atoms with van der Waals surface area (Å²) in [4.78, 5) is 27.1. The zero-order valence-electron chi connectivity index (χ0n) is 19.2. The minimum Gasteiger partial charge on any atom is -0.490 e. The van der Waals surface area contributed by atoms with Crippen molar-refractivity contribution in [1.82, 2.24) is 4.90 Å². The number of ether oxygens (including phenoxy) is 2. The monoisotopic (exact) mass is 484 g/mol. The van der Waals surface area contributed by atoms with Gasteiger partial charge in [0.2, 0.25) is 0 Å². The fraction of sp³-hybridized carbons (Fsp3) is 0.320. The molecule has 1 saturated heterocycles. The van der Waals surface area contributed by atoms with E-state index in [0.29, 0.717) is 33.9 Å². The third kappa shape index (κ3) is 6.15. The number of nitrogens with one attached hydrogen (secondary N) is 1. The minimum absolute atomic E-state index is 0.0934. The fourth-order valence-electron chi connectivity index (χ4n) is 3.37. The third-order valence-electron chi connectivity index (χ3n) is 4.97. The van der Waals surface area contributed by atoms with Crippen LogP contribution in [0.5, 0.6) is 11.5 Å². The van der Waals surface area contributed by atoms with Crippen LogP contribution in [0.15, 0.2) is 47.4 Å². The average Bonchev–Trinajstić information content (AvgIpc) is 3.05. The summed E-state index contributed by atoms with van der Waals surface area (Å²) in [6.07, 6.45) is 1.79. The molecule has 3 rings (SSSR count). The van der Waals surface area contributed by atoms with Gasteiger partial charge in [-0.1, -0.05) is 62.1 Å². The molecule has 1 aliphatic rings. The second-order valence-electron chi connectivity index (χ2n) is 7.64. The molecule has 0 saturated carbocycles. The Balaban J connectivity index is 1.71. The number of thioether (sulfide) groups is 1. The number of thiocarbonyl (C=S) groups is 1. The van der Waals surface area contributed by atoms with E-state index in [2.05, 4.69) is 19.2 Å². The topological polar surface area (TPSA) is 67.9 Å². The van der Waals surface area contributed by atoms with Crippen LogP contribution in [-0.4, -0.2) is 40.8 Å². The number of likely N-dealkylation sites (N-methyl/N-ethyl adjacent to an activating group) is 1. The molecule has 0 bridgehead atoms. The lowest BCUT2D eigenvalue weighted by molar-refractivity contribution is -0.122. The molecule has 1 heterocycles. The van der Waals surface area contributed by atoms with Crippen LogP contribution >= 0.6 is 24.0 Å². The maximum Gasteiger partial charge on any atom is 0.266 e. The first kappa shape index (κ1) is 24.8. The molecule has 0 unspecified atom stereocenters. The quantitative estimate of drug-likeness (QED) is 0.377. The molecule has 2 aromatic carbocycles. The lowest BCUT2D eigenvalue weighted by atomic mass is 10.0. The van der Waals surface area contributed by atoms with Gasteiger partial charge < -0.3 is 14.8 Å². The van der Waals surface area contributed by atoms with Crippen LogP contribution in [0.2, 0.25) is 0 Å². The van der Waals surface area contributed by atoms with E-state index < -0.39 is 0 Å². The van der Waals surface area contributed by atoms with Gasteiger partial charge in [0, 0.05) is 12.2 Å². The Morgan fingerprint density at radius 1 is 1.15 bits per heavy atom. The van der Waals surface area contributed by atoms with E-state index >= 15 is 0 Å². The van der Waals surface area contributed by atoms with Crippen molar-refractivity contribution in [3.63, 3.8) is 0 Å². The summed E-state index contributed by atoms with van der Waals surface area (Å²) in [5.41, 5.74) is 2.64. The van der Waals surface area contributed by atoms with Gasteiger partial charge in [0.25, 0.3) is 11.8 Å². The Hall–Kier alpha value is -2.84. The number of para-hydroxylation sites is 1. The first-order chi connectivity index (χ1) is 15.8. The molecule has 0 aliphatic carbocycles. The van der Waals surface area contributed by atoms with Crippen LogP contribution in [0.1, 0.15) is 44.7 Å². The summed E-state index contributed by atoms with van der Waals surface area (Å²) >= 11 is 6.56. The first-order valence-electron chi connectivity index (χ1n) is 10.9. The van der Waals surface area contributed by atoms with Gasteiger partial charge in [-0.05, 0) is 55.2 Å². The molecule has 1 N–H and O–H groups in total. The number of benzene rings is 2. The van der Waals surface area contributed by atoms with E-state index in [0.717, 1.165) is 16.8 Å². The number of carbonyl (C=O) groups is 2. The highest BCUT2D eigenvalue weighted by molar-refractivity contribution is 8.26. The highest BCUT2D eigenvalue weighted by Crippen LogP contribution is 2.34. The minimum atomic E-state index is -0.252. The molecule has 0 spiro atoms. The van der Waals surface area contributed by atoms with Gasteiger partial charge in [-0.25, -0.2) is 0 Å². The Labute approximate surface area is 204 Å². The summed E-state index contributed by atoms with van der Waals surface area (Å²) in [5, 5.41) is 2.92. The van der Waals surface area contributed by atoms with E-state index in [9.17, 15) is 9.59 Å². The predicted molar refractivity (Wildman–Crippen MR) is 138 cm³/mol. The molecule has 2 amide bonds. The number of hydrogen-bond acceptors (Lipinski definition) is 6. The van der Waals surface area contributed by atoms with E-state index in [1.54, 1.807) is 23.1 Å². The van der Waals surface area contributed by atoms with Gasteiger partial charge in [0.1, 0.15) is 4.32 Å². The molecule has 33 heavy (non-hydrogen) atoms. The maximum atomic E-state index is 12.5. The van der Waals surface area contributed by atoms with E-state index in [-0.39, 0.29) is 24.3 Å². The Morgan fingerprint density at radius 2 is 1.91 bits per heavy atom. The van der Waals surface area contributed by atoms with Crippen LogP contribution in [0.25, 0.3) is 6.08 Å². The predicted octanol–water partition coefficient (Wildman–Crippen LogP) is 5.45. The molecule has 0 aromatic heterocycles. The molecule has 174 valence electrons. The van der Waals surface area contributed by atoms with Crippen molar-refractivity contribution in [3.05, 3.63) is 58.5 Å². The van der Waals surface area contributed by atoms with Crippen molar-refractivity contribution >= 4 is 51.9 Å². The van der Waals surface area contributed by atoms with Crippen molar-refractivity contribution in [1.29, 1.82) is 0 Å². The molecule has 0 atom stereocenters. The van der Waals surface area contributed by atoms with Crippen LogP contribution in [0.3, 0.4) is 0 Å². The Morgan fingerprint density at radius 3 is 2.58 bits per heavy atom. The lowest BCUT2D eigenvalue weighted by Gasteiger charge is -2.15. The molecular weight excluding hydrogens is 456 g/mol. The summed E-state index contributed by atoms with van der Waals surface area (Å²) in [6.45, 7) is 8.76. The highest BCUT2D eigenvalue weighted by atomic mass is 32.2. The standard InChI is InChI=1S/C25H28N2O4S2/c1-5-27-24(29)22(33-25(27)32)14-17-11-12-20(21(13-17)30-6-2)31-15-23(28)26-19-10-8-7-9-18(19)16(3)4/h7-14,16H,5-6,15H2,1-4H3,(H,26,28)/b22-14-. The smallest absolute Gasteiger partial charge is 0.266 e. The molecule has 8 heteroatoms. The lowest BCUT2D eigenvalue weighted by Crippen LogP contribution is -2.27. The van der Waals surface area contributed by atoms with E-state index in [4.69, 9.17) is 21.7 Å². The summed E-state index contributed by atoms with van der Waals surface area (Å²) < 4.78 is 12.0. The average molecular weight is 485 g/mol. The number of anilines is 1. The van der Waals surface area contributed by atoms with Crippen LogP contribution in [0, 0.1) is 0 Å². The molecule has 1 aliphatic heterocycles. The largest absolute Gasteiger partial charge is 0.490 e. The number of carbonyl (C=O) groups excluding carboxylic acids is 2. The summed E-state index contributed by atoms with van der Waals surface area (Å²) in [7, 11) is 0. The van der Waals surface area contributed by atoms with E-state index in [1.807, 2.05) is 44.2 Å². The fourth-order valence-corrected chi connectivity index (χ4v) is 4.75. The second kappa shape index (κ2) is 11.3. The maximum absolute atomic E-state index is 12.5. The molecule has 1 fully saturated rings. The van der Waals surface area contributed by atoms with Crippen molar-refractivity contribution in [2.75, 3.05) is 25.1 Å². The van der Waals surface area contributed by atoms with Crippen molar-refractivity contribution in [2.45, 2.75) is 33.6 Å². The van der Waals surface area contributed by atoms with Crippen molar-refractivity contribution < 1.29 is 19.1 Å². The molecule has 6 nitrogen and oxygen atoms in total. The van der Waals surface area contributed by atoms with Crippen LogP contribution in [0.4, 0.5) is 5.69 Å². The van der Waals surface area contributed by atoms with Gasteiger partial charge >= 0.3 is 0 Å². The van der Waals surface area contributed by atoms with Crippen LogP contribution in [-0.2, 0) is 9.59 Å². The first-order valence-corrected chi connectivity index (χ1v) is 12.1. The van der Waals surface area contributed by atoms with Gasteiger partial charge in [0.05, 0.1) is 11.5 Å². The van der Waals surface area contributed by atoms with Crippen LogP contribution < -0.4 is 14.8 Å². The number of rotatable bonds is 9. The number of hydrogen-bond donors (Lipinski definition) is 1. The Bertz CT molecular complexity index is 1080. The SMILES string of the molecule is CCOc1cc(/C=C2\SC(=S)N(CC)C2=O)ccc1OCC(=O)Nc1ccccc1C(C)C. The van der Waals surface area contributed by atoms with Gasteiger partial charge in [-0.15, -0.1) is 0 Å². The molecule has 0 radical (unpaired) electrons. The zero-order valence-corrected chi connectivity index (χ0v) is 20.8. The summed E-state index contributed by atoms with van der Waals surface area (Å²) in [5.74, 6) is 0.911. The van der Waals surface area contributed by atoms with Crippen molar-refractivity contribution in [3.8, 4) is 11.5 Å². The second-order valence-corrected chi connectivity index (χ2v) is 9.32. The van der Waals surface area contributed by atoms with E-state index in [1.165, 1.54) is 11.8 Å². The third-order valence-corrected chi connectivity index (χ3v) is 6.35. The Kier molecular flexibility index (Phi) is 8.52. The zero-order chi connectivity index (χ0) is 24.0. The van der Waals surface area contributed by atoms with Crippen molar-refractivity contribution in [2.24, 2.45) is 0 Å². The van der Waals surface area contributed by atoms with Gasteiger partial charge in [-0.3, -0.25) is 14.5 Å².